The molecule has 2 amide bonds. The summed E-state index contributed by atoms with van der Waals surface area (Å²) >= 11 is 0. The van der Waals surface area contributed by atoms with Gasteiger partial charge in [-0.05, 0) is 19.4 Å². The van der Waals surface area contributed by atoms with Gasteiger partial charge in [-0.2, -0.15) is 0 Å². The van der Waals surface area contributed by atoms with Crippen molar-refractivity contribution >= 4 is 17.5 Å². The van der Waals surface area contributed by atoms with Crippen LogP contribution in [0.4, 0.5) is 5.69 Å². The largest absolute Gasteiger partial charge is 0.493 e. The standard InChI is InChI=1S/C21H26N2O6/c1-21(2,14-9-7-6-8-10-14)20(25)23-29-13-18(24)22-15-11-16(26-3)19(28-5)17(12-15)27-4/h6-12H,13H2,1-5H3,(H,22,24)(H,23,25). The topological polar surface area (TPSA) is 95.1 Å². The van der Waals surface area contributed by atoms with Gasteiger partial charge in [-0.15, -0.1) is 0 Å². The number of hydroxylamine groups is 1. The third-order valence-electron chi connectivity index (χ3n) is 4.38. The van der Waals surface area contributed by atoms with Crippen molar-refractivity contribution in [3.63, 3.8) is 0 Å². The quantitative estimate of drug-likeness (QED) is 0.626. The molecule has 29 heavy (non-hydrogen) atoms. The van der Waals surface area contributed by atoms with Gasteiger partial charge in [0.2, 0.25) is 5.75 Å². The van der Waals surface area contributed by atoms with Gasteiger partial charge in [0.15, 0.2) is 18.1 Å². The van der Waals surface area contributed by atoms with Crippen LogP contribution >= 0.6 is 0 Å². The number of rotatable bonds is 9. The number of hydrogen-bond acceptors (Lipinski definition) is 6. The van der Waals surface area contributed by atoms with E-state index in [0.717, 1.165) is 5.56 Å². The van der Waals surface area contributed by atoms with E-state index in [1.165, 1.54) is 21.3 Å². The van der Waals surface area contributed by atoms with E-state index in [-0.39, 0.29) is 12.5 Å². The van der Waals surface area contributed by atoms with E-state index in [1.807, 2.05) is 30.3 Å². The smallest absolute Gasteiger partial charge is 0.253 e. The van der Waals surface area contributed by atoms with Crippen molar-refractivity contribution in [1.29, 1.82) is 0 Å². The number of hydrogen-bond donors (Lipinski definition) is 2. The minimum Gasteiger partial charge on any atom is -0.493 e. The van der Waals surface area contributed by atoms with Gasteiger partial charge in [0.05, 0.1) is 26.7 Å². The van der Waals surface area contributed by atoms with Crippen LogP contribution in [0.25, 0.3) is 0 Å². The van der Waals surface area contributed by atoms with E-state index in [0.29, 0.717) is 22.9 Å². The minimum absolute atomic E-state index is 0.357. The van der Waals surface area contributed by atoms with Crippen molar-refractivity contribution < 1.29 is 28.6 Å². The minimum atomic E-state index is -0.811. The van der Waals surface area contributed by atoms with E-state index in [1.54, 1.807) is 26.0 Å². The molecule has 2 N–H and O–H groups in total. The summed E-state index contributed by atoms with van der Waals surface area (Å²) in [4.78, 5) is 29.7. The molecule has 2 aromatic rings. The van der Waals surface area contributed by atoms with Gasteiger partial charge >= 0.3 is 0 Å². The molecule has 0 spiro atoms. The van der Waals surface area contributed by atoms with Crippen LogP contribution < -0.4 is 25.0 Å². The van der Waals surface area contributed by atoms with Crippen molar-refractivity contribution in [3.05, 3.63) is 48.0 Å². The summed E-state index contributed by atoms with van der Waals surface area (Å²) in [5.74, 6) is 0.406. The van der Waals surface area contributed by atoms with E-state index in [9.17, 15) is 9.59 Å². The Balaban J connectivity index is 1.94. The fourth-order valence-electron chi connectivity index (χ4n) is 2.63. The molecular formula is C21H26N2O6. The highest BCUT2D eigenvalue weighted by Crippen LogP contribution is 2.39. The van der Waals surface area contributed by atoms with E-state index in [2.05, 4.69) is 10.8 Å². The summed E-state index contributed by atoms with van der Waals surface area (Å²) in [6.07, 6.45) is 0. The van der Waals surface area contributed by atoms with Gasteiger partial charge in [0.1, 0.15) is 0 Å². The highest BCUT2D eigenvalue weighted by Gasteiger charge is 2.30. The summed E-state index contributed by atoms with van der Waals surface area (Å²) < 4.78 is 15.7. The van der Waals surface area contributed by atoms with Gasteiger partial charge in [-0.3, -0.25) is 14.4 Å². The molecule has 0 saturated carbocycles. The van der Waals surface area contributed by atoms with Crippen LogP contribution in [0.1, 0.15) is 19.4 Å². The molecule has 0 fully saturated rings. The zero-order valence-electron chi connectivity index (χ0n) is 17.2. The van der Waals surface area contributed by atoms with Crippen molar-refractivity contribution in [2.45, 2.75) is 19.3 Å². The molecule has 0 bridgehead atoms. The second-order valence-electron chi connectivity index (χ2n) is 6.67. The average molecular weight is 402 g/mol. The molecule has 0 aliphatic carbocycles. The van der Waals surface area contributed by atoms with Gasteiger partial charge in [0, 0.05) is 17.8 Å². The maximum absolute atomic E-state index is 12.4. The number of carbonyl (C=O) groups is 2. The zero-order chi connectivity index (χ0) is 21.4. The van der Waals surface area contributed by atoms with Crippen LogP contribution in [0.3, 0.4) is 0 Å². The molecule has 0 radical (unpaired) electrons. The highest BCUT2D eigenvalue weighted by molar-refractivity contribution is 5.93. The molecule has 8 nitrogen and oxygen atoms in total. The maximum atomic E-state index is 12.4. The third-order valence-corrected chi connectivity index (χ3v) is 4.38. The maximum Gasteiger partial charge on any atom is 0.253 e. The molecule has 2 aromatic carbocycles. The van der Waals surface area contributed by atoms with Crippen LogP contribution in [-0.2, 0) is 19.8 Å². The van der Waals surface area contributed by atoms with Crippen LogP contribution in [0.2, 0.25) is 0 Å². The number of benzene rings is 2. The second kappa shape index (κ2) is 9.79. The van der Waals surface area contributed by atoms with Gasteiger partial charge in [-0.25, -0.2) is 5.48 Å². The van der Waals surface area contributed by atoms with Crippen LogP contribution in [0.5, 0.6) is 17.2 Å². The Morgan fingerprint density at radius 2 is 1.52 bits per heavy atom. The van der Waals surface area contributed by atoms with Crippen molar-refractivity contribution in [1.82, 2.24) is 5.48 Å². The Morgan fingerprint density at radius 3 is 2.03 bits per heavy atom. The van der Waals surface area contributed by atoms with Gasteiger partial charge in [-0.1, -0.05) is 30.3 Å². The number of methoxy groups -OCH3 is 3. The van der Waals surface area contributed by atoms with Crippen molar-refractivity contribution in [2.24, 2.45) is 0 Å². The molecule has 2 rings (SSSR count). The predicted octanol–water partition coefficient (Wildman–Crippen LogP) is 2.68. The Hall–Kier alpha value is -3.26. The normalized spacial score (nSPS) is 10.8. The Labute approximate surface area is 170 Å². The first-order chi connectivity index (χ1) is 13.8. The first-order valence-corrected chi connectivity index (χ1v) is 8.91. The molecule has 0 aliphatic heterocycles. The Morgan fingerprint density at radius 1 is 0.931 bits per heavy atom. The molecule has 0 atom stereocenters. The van der Waals surface area contributed by atoms with Crippen LogP contribution in [0.15, 0.2) is 42.5 Å². The molecule has 0 saturated heterocycles. The molecule has 0 aliphatic rings. The lowest BCUT2D eigenvalue weighted by Gasteiger charge is -2.23. The molecule has 0 aromatic heterocycles. The summed E-state index contributed by atoms with van der Waals surface area (Å²) in [5.41, 5.74) is 2.79. The summed E-state index contributed by atoms with van der Waals surface area (Å²) in [7, 11) is 4.46. The number of amides is 2. The number of carbonyl (C=O) groups excluding carboxylic acids is 2. The lowest BCUT2D eigenvalue weighted by molar-refractivity contribution is -0.141. The lowest BCUT2D eigenvalue weighted by Crippen LogP contribution is -2.41. The fourth-order valence-corrected chi connectivity index (χ4v) is 2.63. The molecule has 0 unspecified atom stereocenters. The average Bonchev–Trinajstić information content (AvgIpc) is 2.73. The monoisotopic (exact) mass is 402 g/mol. The highest BCUT2D eigenvalue weighted by atomic mass is 16.7. The third kappa shape index (κ3) is 5.39. The summed E-state index contributed by atoms with van der Waals surface area (Å²) in [6.45, 7) is 3.18. The second-order valence-corrected chi connectivity index (χ2v) is 6.67. The number of nitrogens with one attached hydrogen (secondary N) is 2. The molecule has 0 heterocycles. The molecular weight excluding hydrogens is 376 g/mol. The number of anilines is 1. The van der Waals surface area contributed by atoms with Gasteiger partial charge < -0.3 is 19.5 Å². The van der Waals surface area contributed by atoms with Crippen LogP contribution in [0, 0.1) is 0 Å². The predicted molar refractivity (Wildman–Crippen MR) is 108 cm³/mol. The summed E-state index contributed by atoms with van der Waals surface area (Å²) in [6, 6.07) is 12.5. The first kappa shape index (κ1) is 22.0. The molecule has 8 heteroatoms. The van der Waals surface area contributed by atoms with E-state index < -0.39 is 11.3 Å². The van der Waals surface area contributed by atoms with Crippen molar-refractivity contribution in [2.75, 3.05) is 33.3 Å². The first-order valence-electron chi connectivity index (χ1n) is 8.91. The zero-order valence-corrected chi connectivity index (χ0v) is 17.2. The van der Waals surface area contributed by atoms with Gasteiger partial charge in [0.25, 0.3) is 11.8 Å². The Kier molecular flexibility index (Phi) is 7.44. The van der Waals surface area contributed by atoms with E-state index in [4.69, 9.17) is 19.0 Å². The summed E-state index contributed by atoms with van der Waals surface area (Å²) in [5, 5.41) is 2.66. The number of ether oxygens (including phenoxy) is 3. The van der Waals surface area contributed by atoms with Crippen molar-refractivity contribution in [3.8, 4) is 17.2 Å². The van der Waals surface area contributed by atoms with Crippen LogP contribution in [-0.4, -0.2) is 39.8 Å². The molecule has 156 valence electrons. The van der Waals surface area contributed by atoms with E-state index >= 15 is 0 Å². The Bertz CT molecular complexity index is 826. The fraction of sp³-hybridized carbons (Fsp3) is 0.333. The SMILES string of the molecule is COc1cc(NC(=O)CONC(=O)C(C)(C)c2ccccc2)cc(OC)c1OC. The lowest BCUT2D eigenvalue weighted by atomic mass is 9.84.